The second-order valence-corrected chi connectivity index (χ2v) is 9.91. The number of amides is 3. The number of carboxylic acid groups (broad SMARTS) is 1. The summed E-state index contributed by atoms with van der Waals surface area (Å²) in [5.74, 6) is -1.82. The Morgan fingerprint density at radius 2 is 1.49 bits per heavy atom. The number of likely N-dealkylation sites (tertiary alicyclic amines) is 2. The van der Waals surface area contributed by atoms with Crippen molar-refractivity contribution in [3.05, 3.63) is 59.7 Å². The van der Waals surface area contributed by atoms with Gasteiger partial charge in [0.1, 0.15) is 24.7 Å². The third kappa shape index (κ3) is 4.65. The monoisotopic (exact) mass is 505 g/mol. The van der Waals surface area contributed by atoms with Gasteiger partial charge in [-0.15, -0.1) is 0 Å². The Balaban J connectivity index is 1.19. The van der Waals surface area contributed by atoms with Crippen LogP contribution in [0.2, 0.25) is 0 Å². The van der Waals surface area contributed by atoms with Crippen molar-refractivity contribution in [2.45, 2.75) is 56.7 Å². The summed E-state index contributed by atoms with van der Waals surface area (Å²) >= 11 is 0. The Bertz CT molecular complexity index is 1180. The molecule has 0 bridgehead atoms. The van der Waals surface area contributed by atoms with Crippen LogP contribution < -0.4 is 5.32 Å². The zero-order chi connectivity index (χ0) is 26.1. The molecule has 2 N–H and O–H groups in total. The summed E-state index contributed by atoms with van der Waals surface area (Å²) in [6, 6.07) is 13.6. The molecular formula is C28H31N3O6. The third-order valence-electron chi connectivity index (χ3n) is 7.69. The van der Waals surface area contributed by atoms with Crippen LogP contribution in [0.15, 0.2) is 48.5 Å². The number of hydrogen-bond acceptors (Lipinski definition) is 5. The van der Waals surface area contributed by atoms with Crippen molar-refractivity contribution < 1.29 is 29.0 Å². The fourth-order valence-electron chi connectivity index (χ4n) is 5.89. The molecule has 3 atom stereocenters. The van der Waals surface area contributed by atoms with Gasteiger partial charge < -0.3 is 25.0 Å². The number of ether oxygens (including phenoxy) is 1. The van der Waals surface area contributed by atoms with E-state index in [1.807, 2.05) is 36.4 Å². The first kappa shape index (κ1) is 24.8. The summed E-state index contributed by atoms with van der Waals surface area (Å²) in [6.07, 6.45) is 1.47. The fraction of sp³-hybridized carbons (Fsp3) is 0.429. The van der Waals surface area contributed by atoms with Crippen molar-refractivity contribution in [3.8, 4) is 11.1 Å². The number of benzene rings is 2. The SMILES string of the molecule is C[C@H](NC(=O)OCC1c2ccccc2-c2ccccc21)C(=O)N1CCC[C@H]1C(=O)N1CCC[C@H]1C(=O)O. The molecule has 0 saturated carbocycles. The van der Waals surface area contributed by atoms with E-state index in [1.54, 1.807) is 6.92 Å². The smallest absolute Gasteiger partial charge is 0.407 e. The van der Waals surface area contributed by atoms with Crippen LogP contribution >= 0.6 is 0 Å². The minimum Gasteiger partial charge on any atom is -0.480 e. The van der Waals surface area contributed by atoms with Crippen LogP contribution in [0.25, 0.3) is 11.1 Å². The van der Waals surface area contributed by atoms with Gasteiger partial charge in [0.15, 0.2) is 0 Å². The van der Waals surface area contributed by atoms with Crippen LogP contribution in [0.5, 0.6) is 0 Å². The summed E-state index contributed by atoms with van der Waals surface area (Å²) in [4.78, 5) is 53.3. The van der Waals surface area contributed by atoms with E-state index in [0.717, 1.165) is 22.3 Å². The van der Waals surface area contributed by atoms with Crippen molar-refractivity contribution in [1.29, 1.82) is 0 Å². The fourth-order valence-corrected chi connectivity index (χ4v) is 5.89. The summed E-state index contributed by atoms with van der Waals surface area (Å²) in [5.41, 5.74) is 4.45. The Kier molecular flexibility index (Phi) is 6.86. The minimum atomic E-state index is -1.02. The van der Waals surface area contributed by atoms with E-state index < -0.39 is 30.2 Å². The number of hydrogen-bond donors (Lipinski definition) is 2. The maximum absolute atomic E-state index is 13.2. The highest BCUT2D eigenvalue weighted by Gasteiger charge is 2.43. The number of fused-ring (bicyclic) bond motifs is 3. The first-order valence-electron chi connectivity index (χ1n) is 12.8. The number of aliphatic carboxylic acids is 1. The Morgan fingerprint density at radius 3 is 2.11 bits per heavy atom. The number of rotatable bonds is 6. The van der Waals surface area contributed by atoms with Crippen LogP contribution in [0.3, 0.4) is 0 Å². The molecule has 2 aromatic rings. The van der Waals surface area contributed by atoms with E-state index in [0.29, 0.717) is 38.8 Å². The zero-order valence-corrected chi connectivity index (χ0v) is 20.8. The second-order valence-electron chi connectivity index (χ2n) is 9.91. The average molecular weight is 506 g/mol. The lowest BCUT2D eigenvalue weighted by molar-refractivity contribution is -0.152. The number of alkyl carbamates (subject to hydrolysis) is 1. The van der Waals surface area contributed by atoms with Gasteiger partial charge in [0.2, 0.25) is 11.8 Å². The Hall–Kier alpha value is -3.88. The number of carbonyl (C=O) groups is 4. The van der Waals surface area contributed by atoms with Gasteiger partial charge in [0.25, 0.3) is 0 Å². The van der Waals surface area contributed by atoms with E-state index in [4.69, 9.17) is 4.74 Å². The highest BCUT2D eigenvalue weighted by Crippen LogP contribution is 2.44. The Labute approximate surface area is 215 Å². The van der Waals surface area contributed by atoms with Crippen molar-refractivity contribution in [1.82, 2.24) is 15.1 Å². The lowest BCUT2D eigenvalue weighted by atomic mass is 9.98. The summed E-state index contributed by atoms with van der Waals surface area (Å²) in [7, 11) is 0. The lowest BCUT2D eigenvalue weighted by Crippen LogP contribution is -2.54. The standard InChI is InChI=1S/C28H31N3O6/c1-17(25(32)30-14-6-12-23(30)26(33)31-15-7-13-24(31)27(34)35)29-28(36)37-16-22-20-10-4-2-8-18(20)19-9-3-5-11-21(19)22/h2-5,8-11,17,22-24H,6-7,12-16H2,1H3,(H,29,36)(H,34,35)/t17-,23-,24-/m0/s1. The molecule has 2 aromatic carbocycles. The van der Waals surface area contributed by atoms with Gasteiger partial charge in [-0.3, -0.25) is 9.59 Å². The highest BCUT2D eigenvalue weighted by molar-refractivity contribution is 5.93. The van der Waals surface area contributed by atoms with E-state index in [2.05, 4.69) is 17.4 Å². The molecular weight excluding hydrogens is 474 g/mol. The van der Waals surface area contributed by atoms with Gasteiger partial charge in [-0.25, -0.2) is 9.59 Å². The van der Waals surface area contributed by atoms with Gasteiger partial charge >= 0.3 is 12.1 Å². The predicted molar refractivity (Wildman–Crippen MR) is 135 cm³/mol. The van der Waals surface area contributed by atoms with Gasteiger partial charge in [-0.1, -0.05) is 48.5 Å². The maximum atomic E-state index is 13.2. The van der Waals surface area contributed by atoms with Gasteiger partial charge in [0.05, 0.1) is 0 Å². The molecule has 9 heteroatoms. The van der Waals surface area contributed by atoms with Gasteiger partial charge in [-0.2, -0.15) is 0 Å². The van der Waals surface area contributed by atoms with Crippen LogP contribution in [-0.2, 0) is 19.1 Å². The largest absolute Gasteiger partial charge is 0.480 e. The van der Waals surface area contributed by atoms with E-state index in [1.165, 1.54) is 9.80 Å². The number of carbonyl (C=O) groups excluding carboxylic acids is 3. The quantitative estimate of drug-likeness (QED) is 0.624. The highest BCUT2D eigenvalue weighted by atomic mass is 16.5. The van der Waals surface area contributed by atoms with Crippen molar-refractivity contribution >= 4 is 23.9 Å². The molecule has 0 spiro atoms. The predicted octanol–water partition coefficient (Wildman–Crippen LogP) is 2.98. The molecule has 3 aliphatic rings. The molecule has 2 fully saturated rings. The first-order chi connectivity index (χ1) is 17.9. The maximum Gasteiger partial charge on any atom is 0.407 e. The number of nitrogens with one attached hydrogen (secondary N) is 1. The lowest BCUT2D eigenvalue weighted by Gasteiger charge is -2.31. The summed E-state index contributed by atoms with van der Waals surface area (Å²) in [5, 5.41) is 12.1. The van der Waals surface area contributed by atoms with E-state index in [9.17, 15) is 24.3 Å². The van der Waals surface area contributed by atoms with Crippen LogP contribution in [0.1, 0.15) is 49.7 Å². The van der Waals surface area contributed by atoms with Gasteiger partial charge in [-0.05, 0) is 54.9 Å². The second kappa shape index (κ2) is 10.2. The number of carboxylic acids is 1. The van der Waals surface area contributed by atoms with Crippen LogP contribution in [0.4, 0.5) is 4.79 Å². The van der Waals surface area contributed by atoms with Crippen molar-refractivity contribution in [2.24, 2.45) is 0 Å². The van der Waals surface area contributed by atoms with Crippen LogP contribution in [-0.4, -0.2) is 76.6 Å². The molecule has 2 aliphatic heterocycles. The molecule has 2 saturated heterocycles. The molecule has 1 aliphatic carbocycles. The first-order valence-corrected chi connectivity index (χ1v) is 12.8. The molecule has 2 heterocycles. The summed E-state index contributed by atoms with van der Waals surface area (Å²) < 4.78 is 5.56. The molecule has 37 heavy (non-hydrogen) atoms. The van der Waals surface area contributed by atoms with Gasteiger partial charge in [0, 0.05) is 19.0 Å². The summed E-state index contributed by atoms with van der Waals surface area (Å²) in [6.45, 7) is 2.47. The topological polar surface area (TPSA) is 116 Å². The van der Waals surface area contributed by atoms with E-state index >= 15 is 0 Å². The molecule has 3 amide bonds. The molecule has 9 nitrogen and oxygen atoms in total. The zero-order valence-electron chi connectivity index (χ0n) is 20.8. The van der Waals surface area contributed by atoms with Crippen molar-refractivity contribution in [2.75, 3.05) is 19.7 Å². The number of nitrogens with zero attached hydrogens (tertiary/aromatic N) is 2. The molecule has 0 unspecified atom stereocenters. The molecule has 0 radical (unpaired) electrons. The van der Waals surface area contributed by atoms with Crippen molar-refractivity contribution in [3.63, 3.8) is 0 Å². The minimum absolute atomic E-state index is 0.0904. The molecule has 5 rings (SSSR count). The normalized spacial score (nSPS) is 21.3. The third-order valence-corrected chi connectivity index (χ3v) is 7.69. The average Bonchev–Trinajstić information content (AvgIpc) is 3.64. The molecule has 194 valence electrons. The van der Waals surface area contributed by atoms with Crippen LogP contribution in [0, 0.1) is 0 Å². The van der Waals surface area contributed by atoms with E-state index in [-0.39, 0.29) is 24.3 Å². The Morgan fingerprint density at radius 1 is 0.919 bits per heavy atom. The molecule has 0 aromatic heterocycles.